The lowest BCUT2D eigenvalue weighted by Crippen LogP contribution is -2.28. The number of rotatable bonds is 5. The summed E-state index contributed by atoms with van der Waals surface area (Å²) in [7, 11) is 3.04. The highest BCUT2D eigenvalue weighted by atomic mass is 19.1. The molecular weight excluding hydrogens is 339 g/mol. The van der Waals surface area contributed by atoms with Crippen molar-refractivity contribution < 1.29 is 23.5 Å². The molecule has 7 heteroatoms. The molecule has 1 aliphatic heterocycles. The summed E-state index contributed by atoms with van der Waals surface area (Å²) in [5.74, 6) is -0.368. The predicted octanol–water partition coefficient (Wildman–Crippen LogP) is 2.83. The Balaban J connectivity index is 1.70. The normalized spacial score (nSPS) is 16.5. The van der Waals surface area contributed by atoms with Crippen molar-refractivity contribution in [2.45, 2.75) is 6.42 Å². The summed E-state index contributed by atoms with van der Waals surface area (Å²) in [6, 6.07) is 10.8. The zero-order valence-corrected chi connectivity index (χ0v) is 14.5. The van der Waals surface area contributed by atoms with Crippen molar-refractivity contribution in [2.75, 3.05) is 31.0 Å². The van der Waals surface area contributed by atoms with E-state index < -0.39 is 11.7 Å². The lowest BCUT2D eigenvalue weighted by atomic mass is 10.1. The van der Waals surface area contributed by atoms with Crippen molar-refractivity contribution in [2.24, 2.45) is 5.92 Å². The van der Waals surface area contributed by atoms with Crippen LogP contribution in [0.4, 0.5) is 15.8 Å². The number of hydrogen-bond acceptors (Lipinski definition) is 4. The van der Waals surface area contributed by atoms with E-state index in [9.17, 15) is 14.0 Å². The Bertz CT molecular complexity index is 840. The maximum absolute atomic E-state index is 13.4. The number of ether oxygens (including phenoxy) is 2. The lowest BCUT2D eigenvalue weighted by Gasteiger charge is -2.17. The molecule has 3 rings (SSSR count). The smallest absolute Gasteiger partial charge is 0.229 e. The third kappa shape index (κ3) is 3.61. The van der Waals surface area contributed by atoms with Gasteiger partial charge in [-0.15, -0.1) is 0 Å². The van der Waals surface area contributed by atoms with Gasteiger partial charge in [0, 0.05) is 30.4 Å². The van der Waals surface area contributed by atoms with Crippen LogP contribution in [0.5, 0.6) is 11.5 Å². The quantitative estimate of drug-likeness (QED) is 0.892. The molecule has 0 aromatic heterocycles. The molecule has 2 amide bonds. The number of methoxy groups -OCH3 is 2. The highest BCUT2D eigenvalue weighted by molar-refractivity contribution is 6.03. The first kappa shape index (κ1) is 17.7. The molecule has 0 spiro atoms. The van der Waals surface area contributed by atoms with Gasteiger partial charge in [-0.1, -0.05) is 6.07 Å². The fourth-order valence-electron chi connectivity index (χ4n) is 2.94. The standard InChI is InChI=1S/C19H19FN2O4/c1-25-16-7-6-14(10-17(16)26-2)21-19(24)12-8-18(23)22(11-12)15-5-3-4-13(20)9-15/h3-7,9-10,12H,8,11H2,1-2H3,(H,21,24). The van der Waals surface area contributed by atoms with Crippen LogP contribution >= 0.6 is 0 Å². The summed E-state index contributed by atoms with van der Waals surface area (Å²) in [6.07, 6.45) is 0.0790. The van der Waals surface area contributed by atoms with Gasteiger partial charge >= 0.3 is 0 Å². The topological polar surface area (TPSA) is 67.9 Å². The Morgan fingerprint density at radius 1 is 1.15 bits per heavy atom. The summed E-state index contributed by atoms with van der Waals surface area (Å²) >= 11 is 0. The first-order valence-electron chi connectivity index (χ1n) is 8.10. The summed E-state index contributed by atoms with van der Waals surface area (Å²) in [5.41, 5.74) is 1.00. The Hall–Kier alpha value is -3.09. The van der Waals surface area contributed by atoms with Gasteiger partial charge in [0.2, 0.25) is 11.8 Å². The van der Waals surface area contributed by atoms with Gasteiger partial charge in [-0.3, -0.25) is 9.59 Å². The average molecular weight is 358 g/mol. The maximum atomic E-state index is 13.4. The minimum atomic E-state index is -0.515. The van der Waals surface area contributed by atoms with Crippen molar-refractivity contribution in [3.05, 3.63) is 48.3 Å². The van der Waals surface area contributed by atoms with E-state index in [1.54, 1.807) is 24.3 Å². The minimum Gasteiger partial charge on any atom is -0.493 e. The number of carbonyl (C=O) groups excluding carboxylic acids is 2. The zero-order valence-electron chi connectivity index (χ0n) is 14.5. The number of amides is 2. The Morgan fingerprint density at radius 3 is 2.62 bits per heavy atom. The predicted molar refractivity (Wildman–Crippen MR) is 95.0 cm³/mol. The molecule has 2 aromatic rings. The summed E-state index contributed by atoms with van der Waals surface area (Å²) in [4.78, 5) is 26.2. The highest BCUT2D eigenvalue weighted by Gasteiger charge is 2.35. The van der Waals surface area contributed by atoms with Crippen LogP contribution in [0.25, 0.3) is 0 Å². The van der Waals surface area contributed by atoms with Gasteiger partial charge in [0.05, 0.1) is 20.1 Å². The van der Waals surface area contributed by atoms with E-state index in [1.807, 2.05) is 0 Å². The molecule has 1 unspecified atom stereocenters. The Labute approximate surface area is 150 Å². The van der Waals surface area contributed by atoms with Crippen molar-refractivity contribution in [1.29, 1.82) is 0 Å². The largest absolute Gasteiger partial charge is 0.493 e. The van der Waals surface area contributed by atoms with E-state index in [0.717, 1.165) is 0 Å². The van der Waals surface area contributed by atoms with Crippen LogP contribution < -0.4 is 19.7 Å². The number of nitrogens with zero attached hydrogens (tertiary/aromatic N) is 1. The average Bonchev–Trinajstić information content (AvgIpc) is 3.03. The second-order valence-electron chi connectivity index (χ2n) is 5.94. The summed E-state index contributed by atoms with van der Waals surface area (Å²) in [6.45, 7) is 0.210. The summed E-state index contributed by atoms with van der Waals surface area (Å²) in [5, 5.41) is 2.79. The third-order valence-corrected chi connectivity index (χ3v) is 4.27. The van der Waals surface area contributed by atoms with Gasteiger partial charge in [0.15, 0.2) is 11.5 Å². The van der Waals surface area contributed by atoms with Crippen molar-refractivity contribution >= 4 is 23.2 Å². The van der Waals surface area contributed by atoms with Gasteiger partial charge in [-0.25, -0.2) is 4.39 Å². The third-order valence-electron chi connectivity index (χ3n) is 4.27. The minimum absolute atomic E-state index is 0.0790. The summed E-state index contributed by atoms with van der Waals surface area (Å²) < 4.78 is 23.8. The van der Waals surface area contributed by atoms with Crippen LogP contribution in [0.3, 0.4) is 0 Å². The van der Waals surface area contributed by atoms with Crippen LogP contribution in [-0.2, 0) is 9.59 Å². The van der Waals surface area contributed by atoms with Gasteiger partial charge in [-0.05, 0) is 30.3 Å². The monoisotopic (exact) mass is 358 g/mol. The first-order chi connectivity index (χ1) is 12.5. The highest BCUT2D eigenvalue weighted by Crippen LogP contribution is 2.31. The first-order valence-corrected chi connectivity index (χ1v) is 8.10. The second kappa shape index (κ2) is 7.43. The van der Waals surface area contributed by atoms with Crippen LogP contribution in [0.15, 0.2) is 42.5 Å². The van der Waals surface area contributed by atoms with E-state index >= 15 is 0 Å². The maximum Gasteiger partial charge on any atom is 0.229 e. The van der Waals surface area contributed by atoms with Crippen LogP contribution in [-0.4, -0.2) is 32.6 Å². The number of anilines is 2. The van der Waals surface area contributed by atoms with E-state index in [-0.39, 0.29) is 24.8 Å². The molecule has 0 radical (unpaired) electrons. The molecule has 1 aliphatic rings. The molecule has 0 aliphatic carbocycles. The molecule has 1 fully saturated rings. The van der Waals surface area contributed by atoms with Gasteiger partial charge < -0.3 is 19.7 Å². The number of halogens is 1. The molecule has 0 saturated carbocycles. The van der Waals surface area contributed by atoms with Crippen molar-refractivity contribution in [1.82, 2.24) is 0 Å². The SMILES string of the molecule is COc1ccc(NC(=O)C2CC(=O)N(c3cccc(F)c3)C2)cc1OC. The zero-order chi connectivity index (χ0) is 18.7. The van der Waals surface area contributed by atoms with Crippen LogP contribution in [0.1, 0.15) is 6.42 Å². The van der Waals surface area contributed by atoms with Crippen LogP contribution in [0, 0.1) is 11.7 Å². The molecule has 6 nitrogen and oxygen atoms in total. The number of carbonyl (C=O) groups is 2. The molecule has 2 aromatic carbocycles. The van der Waals surface area contributed by atoms with E-state index in [4.69, 9.17) is 9.47 Å². The van der Waals surface area contributed by atoms with Gasteiger partial charge in [0.1, 0.15) is 5.82 Å². The van der Waals surface area contributed by atoms with Gasteiger partial charge in [0.25, 0.3) is 0 Å². The second-order valence-corrected chi connectivity index (χ2v) is 5.94. The van der Waals surface area contributed by atoms with Crippen LogP contribution in [0.2, 0.25) is 0 Å². The van der Waals surface area contributed by atoms with Crippen molar-refractivity contribution in [3.63, 3.8) is 0 Å². The Morgan fingerprint density at radius 2 is 1.92 bits per heavy atom. The molecule has 136 valence electrons. The lowest BCUT2D eigenvalue weighted by molar-refractivity contribution is -0.122. The molecular formula is C19H19FN2O4. The molecule has 26 heavy (non-hydrogen) atoms. The van der Waals surface area contributed by atoms with Gasteiger partial charge in [-0.2, -0.15) is 0 Å². The van der Waals surface area contributed by atoms with E-state index in [2.05, 4.69) is 5.32 Å². The molecule has 1 N–H and O–H groups in total. The fraction of sp³-hybridized carbons (Fsp3) is 0.263. The number of benzene rings is 2. The molecule has 1 atom stereocenters. The fourth-order valence-corrected chi connectivity index (χ4v) is 2.94. The molecule has 1 saturated heterocycles. The Kier molecular flexibility index (Phi) is 5.06. The van der Waals surface area contributed by atoms with E-state index in [0.29, 0.717) is 22.9 Å². The molecule has 0 bridgehead atoms. The molecule has 1 heterocycles. The van der Waals surface area contributed by atoms with E-state index in [1.165, 1.54) is 37.3 Å². The van der Waals surface area contributed by atoms with Crippen molar-refractivity contribution in [3.8, 4) is 11.5 Å². The number of hydrogen-bond donors (Lipinski definition) is 1. The number of nitrogens with one attached hydrogen (secondary N) is 1.